The van der Waals surface area contributed by atoms with Crippen LogP contribution < -0.4 is 10.2 Å². The van der Waals surface area contributed by atoms with Crippen molar-refractivity contribution < 1.29 is 14.8 Å². The van der Waals surface area contributed by atoms with Crippen molar-refractivity contribution in [3.05, 3.63) is 36.2 Å². The highest BCUT2D eigenvalue weighted by atomic mass is 35.5. The Morgan fingerprint density at radius 3 is 2.76 bits per heavy atom. The third-order valence-corrected chi connectivity index (χ3v) is 2.64. The Morgan fingerprint density at radius 1 is 1.18 bits per heavy atom. The molecule has 1 aliphatic heterocycles. The summed E-state index contributed by atoms with van der Waals surface area (Å²) in [6.07, 6.45) is 5.07. The van der Waals surface area contributed by atoms with Crippen LogP contribution in [0.4, 0.5) is 0 Å². The number of nitrogens with zero attached hydrogens (tertiary/aromatic N) is 1. The van der Waals surface area contributed by atoms with Crippen LogP contribution in [0.3, 0.4) is 0 Å². The molecular weight excluding hydrogens is 240 g/mol. The van der Waals surface area contributed by atoms with Gasteiger partial charge in [-0.25, -0.2) is 0 Å². The molecule has 0 saturated carbocycles. The minimum atomic E-state index is -1.53. The maximum atomic E-state index is 9.25. The van der Waals surface area contributed by atoms with E-state index in [1.54, 1.807) is 24.6 Å². The molecule has 0 radical (unpaired) electrons. The van der Waals surface area contributed by atoms with Gasteiger partial charge in [0.1, 0.15) is 5.75 Å². The van der Waals surface area contributed by atoms with Crippen LogP contribution in [0.2, 0.25) is 0 Å². The first kappa shape index (κ1) is 11.9. The van der Waals surface area contributed by atoms with E-state index < -0.39 is 7.12 Å². The van der Waals surface area contributed by atoms with Gasteiger partial charge in [-0.15, -0.1) is 12.4 Å². The van der Waals surface area contributed by atoms with Crippen molar-refractivity contribution in [2.24, 2.45) is 0 Å². The maximum Gasteiger partial charge on any atom is 0.490 e. The van der Waals surface area contributed by atoms with Gasteiger partial charge in [0.15, 0.2) is 0 Å². The van der Waals surface area contributed by atoms with Crippen LogP contribution in [0.25, 0.3) is 17.0 Å². The zero-order valence-electron chi connectivity index (χ0n) is 8.70. The van der Waals surface area contributed by atoms with Gasteiger partial charge in [-0.1, -0.05) is 6.07 Å². The van der Waals surface area contributed by atoms with Gasteiger partial charge in [-0.2, -0.15) is 0 Å². The zero-order chi connectivity index (χ0) is 11.1. The first-order chi connectivity index (χ1) is 7.77. The van der Waals surface area contributed by atoms with Crippen molar-refractivity contribution in [1.82, 2.24) is 4.98 Å². The summed E-state index contributed by atoms with van der Waals surface area (Å²) < 4.78 is 5.35. The Kier molecular flexibility index (Phi) is 3.06. The highest BCUT2D eigenvalue weighted by molar-refractivity contribution is 6.61. The summed E-state index contributed by atoms with van der Waals surface area (Å²) in [5, 5.41) is 19.3. The second kappa shape index (κ2) is 4.37. The molecule has 86 valence electrons. The van der Waals surface area contributed by atoms with Gasteiger partial charge in [-0.3, -0.25) is 4.98 Å². The van der Waals surface area contributed by atoms with E-state index >= 15 is 0 Å². The molecule has 0 saturated heterocycles. The number of halogens is 1. The third-order valence-electron chi connectivity index (χ3n) is 2.64. The SMILES string of the molecule is Cl.OB(O)c1ccc2c3c(ccnc13)C=CO2. The van der Waals surface area contributed by atoms with Crippen LogP contribution in [0.5, 0.6) is 5.75 Å². The number of aromatic nitrogens is 1. The van der Waals surface area contributed by atoms with E-state index in [2.05, 4.69) is 4.98 Å². The van der Waals surface area contributed by atoms with Gasteiger partial charge < -0.3 is 14.8 Å². The van der Waals surface area contributed by atoms with E-state index in [1.807, 2.05) is 12.1 Å². The van der Waals surface area contributed by atoms with Crippen molar-refractivity contribution in [3.63, 3.8) is 0 Å². The molecule has 2 heterocycles. The Hall–Kier alpha value is -1.56. The van der Waals surface area contributed by atoms with Crippen molar-refractivity contribution >= 4 is 42.0 Å². The van der Waals surface area contributed by atoms with E-state index in [0.717, 1.165) is 10.9 Å². The lowest BCUT2D eigenvalue weighted by Gasteiger charge is -2.14. The molecule has 0 atom stereocenters. The molecule has 0 amide bonds. The molecule has 0 aliphatic carbocycles. The predicted molar refractivity (Wildman–Crippen MR) is 68.5 cm³/mol. The number of ether oxygens (including phenoxy) is 1. The van der Waals surface area contributed by atoms with E-state index in [1.165, 1.54) is 0 Å². The molecule has 0 spiro atoms. The fourth-order valence-electron chi connectivity index (χ4n) is 1.91. The fourth-order valence-corrected chi connectivity index (χ4v) is 1.91. The van der Waals surface area contributed by atoms with Crippen LogP contribution in [0.1, 0.15) is 5.56 Å². The highest BCUT2D eigenvalue weighted by Crippen LogP contribution is 2.30. The molecule has 6 heteroatoms. The molecule has 1 aromatic heterocycles. The molecule has 0 fully saturated rings. The summed E-state index contributed by atoms with van der Waals surface area (Å²) in [7, 11) is -1.53. The van der Waals surface area contributed by atoms with E-state index in [4.69, 9.17) is 4.74 Å². The second-order valence-corrected chi connectivity index (χ2v) is 3.57. The van der Waals surface area contributed by atoms with Gasteiger partial charge in [0.2, 0.25) is 0 Å². The van der Waals surface area contributed by atoms with Crippen LogP contribution in [0, 0.1) is 0 Å². The van der Waals surface area contributed by atoms with Gasteiger partial charge in [0.25, 0.3) is 0 Å². The topological polar surface area (TPSA) is 62.6 Å². The molecule has 2 aromatic rings. The number of benzene rings is 1. The van der Waals surface area contributed by atoms with E-state index in [-0.39, 0.29) is 12.4 Å². The summed E-state index contributed by atoms with van der Waals surface area (Å²) in [6.45, 7) is 0. The minimum Gasteiger partial charge on any atom is -0.464 e. The first-order valence-electron chi connectivity index (χ1n) is 4.88. The first-order valence-corrected chi connectivity index (χ1v) is 4.88. The predicted octanol–water partition coefficient (Wildman–Crippen LogP) is 0.700. The lowest BCUT2D eigenvalue weighted by molar-refractivity contribution is 0.426. The molecule has 0 unspecified atom stereocenters. The van der Waals surface area contributed by atoms with Crippen molar-refractivity contribution in [3.8, 4) is 5.75 Å². The summed E-state index contributed by atoms with van der Waals surface area (Å²) >= 11 is 0. The summed E-state index contributed by atoms with van der Waals surface area (Å²) in [6, 6.07) is 5.18. The third kappa shape index (κ3) is 1.78. The van der Waals surface area contributed by atoms with Crippen LogP contribution in [-0.2, 0) is 0 Å². The smallest absolute Gasteiger partial charge is 0.464 e. The van der Waals surface area contributed by atoms with Gasteiger partial charge in [-0.05, 0) is 23.8 Å². The standard InChI is InChI=1S/C11H8BNO3.ClH/c14-12(15)8-1-2-9-10-7(4-6-16-9)3-5-13-11(8)10;/h1-6,14-15H;1H. The van der Waals surface area contributed by atoms with Crippen LogP contribution in [0.15, 0.2) is 30.7 Å². The highest BCUT2D eigenvalue weighted by Gasteiger charge is 2.20. The summed E-state index contributed by atoms with van der Waals surface area (Å²) in [4.78, 5) is 4.17. The number of hydrogen-bond acceptors (Lipinski definition) is 4. The average Bonchev–Trinajstić information content (AvgIpc) is 2.30. The van der Waals surface area contributed by atoms with Gasteiger partial charge in [0.05, 0.1) is 11.8 Å². The fraction of sp³-hybridized carbons (Fsp3) is 0. The lowest BCUT2D eigenvalue weighted by atomic mass is 9.78. The maximum absolute atomic E-state index is 9.25. The molecule has 0 bridgehead atoms. The van der Waals surface area contributed by atoms with E-state index in [9.17, 15) is 10.0 Å². The molecule has 1 aromatic carbocycles. The number of pyridine rings is 1. The normalized spacial score (nSPS) is 11.9. The quantitative estimate of drug-likeness (QED) is 0.730. The van der Waals surface area contributed by atoms with Crippen LogP contribution in [-0.4, -0.2) is 22.2 Å². The minimum absolute atomic E-state index is 0. The largest absolute Gasteiger partial charge is 0.490 e. The second-order valence-electron chi connectivity index (χ2n) is 3.57. The van der Waals surface area contributed by atoms with Crippen molar-refractivity contribution in [2.45, 2.75) is 0 Å². The van der Waals surface area contributed by atoms with Gasteiger partial charge in [0, 0.05) is 17.0 Å². The number of hydrogen-bond donors (Lipinski definition) is 2. The Bertz CT molecular complexity index is 601. The van der Waals surface area contributed by atoms with E-state index in [0.29, 0.717) is 16.7 Å². The zero-order valence-corrected chi connectivity index (χ0v) is 9.52. The lowest BCUT2D eigenvalue weighted by Crippen LogP contribution is -2.31. The molecule has 2 N–H and O–H groups in total. The molecule has 3 rings (SSSR count). The molecule has 17 heavy (non-hydrogen) atoms. The van der Waals surface area contributed by atoms with Crippen molar-refractivity contribution in [1.29, 1.82) is 0 Å². The molecule has 1 aliphatic rings. The molecular formula is C11H9BClNO3. The monoisotopic (exact) mass is 249 g/mol. The summed E-state index contributed by atoms with van der Waals surface area (Å²) in [5.41, 5.74) is 1.92. The average molecular weight is 249 g/mol. The van der Waals surface area contributed by atoms with Gasteiger partial charge >= 0.3 is 7.12 Å². The number of rotatable bonds is 1. The Balaban J connectivity index is 0.00000108. The van der Waals surface area contributed by atoms with Crippen molar-refractivity contribution in [2.75, 3.05) is 0 Å². The Morgan fingerprint density at radius 2 is 2.00 bits per heavy atom. The van der Waals surface area contributed by atoms with Crippen LogP contribution >= 0.6 is 12.4 Å². The Labute approximate surface area is 104 Å². The summed E-state index contributed by atoms with van der Waals surface area (Å²) in [5.74, 6) is 0.685. The molecule has 4 nitrogen and oxygen atoms in total.